The first kappa shape index (κ1) is 16.7. The molecule has 116 valence electrons. The number of Topliss-reactive ketones (excluding diaryl/α,β-unsaturated/α-hetero) is 1. The van der Waals surface area contributed by atoms with Crippen molar-refractivity contribution in [3.05, 3.63) is 44.3 Å². The van der Waals surface area contributed by atoms with Gasteiger partial charge in [0.15, 0.2) is 0 Å². The molecule has 0 saturated heterocycles. The maximum atomic E-state index is 10.6. The molecule has 0 atom stereocenters. The molecule has 0 saturated carbocycles. The highest BCUT2D eigenvalue weighted by molar-refractivity contribution is 5.75. The van der Waals surface area contributed by atoms with E-state index >= 15 is 0 Å². The number of carbonyl (C=O) groups is 1. The Bertz CT molecular complexity index is 695. The molecule has 0 aliphatic rings. The topological polar surface area (TPSA) is 104 Å². The second kappa shape index (κ2) is 7.47. The normalized spacial score (nSPS) is 10.1. The summed E-state index contributed by atoms with van der Waals surface area (Å²) in [6.07, 6.45) is 1.52. The largest absolute Gasteiger partial charge is 0.519 e. The predicted molar refractivity (Wildman–Crippen MR) is 72.3 cm³/mol. The number of hydrogen-bond acceptors (Lipinski definition) is 7. The van der Waals surface area contributed by atoms with Crippen molar-refractivity contribution in [3.8, 4) is 0 Å². The van der Waals surface area contributed by atoms with Gasteiger partial charge in [0, 0.05) is 19.3 Å². The minimum atomic E-state index is -0.703. The molecule has 0 N–H and O–H groups in total. The molecule has 0 aliphatic carbocycles. The van der Waals surface area contributed by atoms with Gasteiger partial charge in [-0.2, -0.15) is 0 Å². The minimum Gasteiger partial charge on any atom is -0.396 e. The number of ketones is 1. The molecule has 0 aliphatic heterocycles. The van der Waals surface area contributed by atoms with Gasteiger partial charge in [-0.1, -0.05) is 6.92 Å². The molecule has 7 nitrogen and oxygen atoms in total. The molecule has 0 bridgehead atoms. The number of aryl methyl sites for hydroxylation is 4. The van der Waals surface area contributed by atoms with E-state index in [9.17, 15) is 14.4 Å². The molecule has 21 heavy (non-hydrogen) atoms. The lowest BCUT2D eigenvalue weighted by Crippen LogP contribution is -1.94. The Labute approximate surface area is 120 Å². The molecular weight excluding hydrogens is 280 g/mol. The highest BCUT2D eigenvalue weighted by atomic mass is 16.6. The zero-order chi connectivity index (χ0) is 16.0. The highest BCUT2D eigenvalue weighted by Crippen LogP contribution is 2.07. The number of carbonyl (C=O) groups excluding carboxylic acids is 1. The van der Waals surface area contributed by atoms with Crippen LogP contribution in [0, 0.1) is 13.8 Å². The van der Waals surface area contributed by atoms with Crippen LogP contribution in [0.25, 0.3) is 0 Å². The van der Waals surface area contributed by atoms with Gasteiger partial charge in [0.2, 0.25) is 0 Å². The zero-order valence-corrected chi connectivity index (χ0v) is 12.5. The maximum Gasteiger partial charge on any atom is 0.519 e. The SMILES string of the molecule is CC(=O)CCc1oc(=O)oc1C.CCc1oc(=O)oc1C. The first-order valence-electron chi connectivity index (χ1n) is 6.51. The molecule has 0 aromatic carbocycles. The van der Waals surface area contributed by atoms with Gasteiger partial charge < -0.3 is 22.5 Å². The van der Waals surface area contributed by atoms with Gasteiger partial charge in [-0.15, -0.1) is 0 Å². The Morgan fingerprint density at radius 2 is 1.38 bits per heavy atom. The molecule has 2 aromatic rings. The zero-order valence-electron chi connectivity index (χ0n) is 12.5. The van der Waals surface area contributed by atoms with E-state index in [0.29, 0.717) is 42.3 Å². The third kappa shape index (κ3) is 5.29. The van der Waals surface area contributed by atoms with Gasteiger partial charge >= 0.3 is 11.6 Å². The summed E-state index contributed by atoms with van der Waals surface area (Å²) in [5.74, 6) is 0.910. The highest BCUT2D eigenvalue weighted by Gasteiger charge is 2.08. The lowest BCUT2D eigenvalue weighted by Gasteiger charge is -1.91. The van der Waals surface area contributed by atoms with Gasteiger partial charge in [-0.05, 0) is 20.8 Å². The van der Waals surface area contributed by atoms with Crippen LogP contribution in [0.1, 0.15) is 43.3 Å². The standard InChI is InChI=1S/C8H10O4.C6H8O3/c1-5(9)3-4-7-6(2)11-8(10)12-7;1-3-5-4(2)8-6(7)9-5/h3-4H2,1-2H3;3H2,1-2H3. The van der Waals surface area contributed by atoms with Crippen molar-refractivity contribution in [3.63, 3.8) is 0 Å². The second-order valence-electron chi connectivity index (χ2n) is 4.42. The molecule has 2 aromatic heterocycles. The molecule has 0 amide bonds. The van der Waals surface area contributed by atoms with E-state index in [-0.39, 0.29) is 5.78 Å². The van der Waals surface area contributed by atoms with E-state index in [2.05, 4.69) is 13.3 Å². The van der Waals surface area contributed by atoms with Crippen LogP contribution < -0.4 is 11.6 Å². The van der Waals surface area contributed by atoms with Gasteiger partial charge in [-0.25, -0.2) is 9.59 Å². The number of rotatable bonds is 4. The van der Waals surface area contributed by atoms with Gasteiger partial charge in [0.25, 0.3) is 0 Å². The summed E-state index contributed by atoms with van der Waals surface area (Å²) in [6.45, 7) is 6.75. The van der Waals surface area contributed by atoms with Crippen LogP contribution in [-0.2, 0) is 17.6 Å². The van der Waals surface area contributed by atoms with Crippen molar-refractivity contribution < 1.29 is 22.5 Å². The smallest absolute Gasteiger partial charge is 0.396 e. The first-order chi connectivity index (χ1) is 9.83. The predicted octanol–water partition coefficient (Wildman–Crippen LogP) is 2.17. The molecular formula is C14H18O7. The van der Waals surface area contributed by atoms with E-state index in [1.54, 1.807) is 13.8 Å². The lowest BCUT2D eigenvalue weighted by atomic mass is 10.2. The van der Waals surface area contributed by atoms with Gasteiger partial charge in [0.05, 0.1) is 0 Å². The van der Waals surface area contributed by atoms with Crippen LogP contribution in [0.2, 0.25) is 0 Å². The van der Waals surface area contributed by atoms with Crippen molar-refractivity contribution in [2.45, 2.75) is 47.0 Å². The van der Waals surface area contributed by atoms with Crippen LogP contribution in [0.3, 0.4) is 0 Å². The van der Waals surface area contributed by atoms with Gasteiger partial charge in [0.1, 0.15) is 28.8 Å². The van der Waals surface area contributed by atoms with E-state index in [0.717, 1.165) is 0 Å². The van der Waals surface area contributed by atoms with Crippen molar-refractivity contribution >= 4 is 5.78 Å². The Morgan fingerprint density at radius 1 is 0.905 bits per heavy atom. The maximum absolute atomic E-state index is 10.6. The summed E-state index contributed by atoms with van der Waals surface area (Å²) in [7, 11) is 0. The van der Waals surface area contributed by atoms with E-state index in [1.807, 2.05) is 6.92 Å². The monoisotopic (exact) mass is 298 g/mol. The summed E-state index contributed by atoms with van der Waals surface area (Å²) >= 11 is 0. The van der Waals surface area contributed by atoms with Crippen LogP contribution in [0.5, 0.6) is 0 Å². The van der Waals surface area contributed by atoms with Crippen LogP contribution >= 0.6 is 0 Å². The fourth-order valence-electron chi connectivity index (χ4n) is 1.59. The van der Waals surface area contributed by atoms with Crippen molar-refractivity contribution in [1.29, 1.82) is 0 Å². The van der Waals surface area contributed by atoms with Crippen LogP contribution in [0.4, 0.5) is 0 Å². The van der Waals surface area contributed by atoms with Crippen molar-refractivity contribution in [1.82, 2.24) is 0 Å². The Balaban J connectivity index is 0.000000219. The Morgan fingerprint density at radius 3 is 1.67 bits per heavy atom. The quantitative estimate of drug-likeness (QED) is 0.851. The molecule has 2 heterocycles. The fourth-order valence-corrected chi connectivity index (χ4v) is 1.59. The minimum absolute atomic E-state index is 0.0678. The molecule has 0 radical (unpaired) electrons. The van der Waals surface area contributed by atoms with E-state index in [1.165, 1.54) is 6.92 Å². The lowest BCUT2D eigenvalue weighted by molar-refractivity contribution is -0.117. The summed E-state index contributed by atoms with van der Waals surface area (Å²) in [4.78, 5) is 31.5. The van der Waals surface area contributed by atoms with Crippen molar-refractivity contribution in [2.75, 3.05) is 0 Å². The molecule has 0 unspecified atom stereocenters. The summed E-state index contributed by atoms with van der Waals surface area (Å²) in [5, 5.41) is 0. The molecule has 0 fully saturated rings. The van der Waals surface area contributed by atoms with E-state index < -0.39 is 11.6 Å². The van der Waals surface area contributed by atoms with Gasteiger partial charge in [-0.3, -0.25) is 0 Å². The second-order valence-corrected chi connectivity index (χ2v) is 4.42. The third-order valence-electron chi connectivity index (χ3n) is 2.70. The molecule has 0 spiro atoms. The van der Waals surface area contributed by atoms with Crippen LogP contribution in [-0.4, -0.2) is 5.78 Å². The van der Waals surface area contributed by atoms with E-state index in [4.69, 9.17) is 4.42 Å². The van der Waals surface area contributed by atoms with Crippen molar-refractivity contribution in [2.24, 2.45) is 0 Å². The number of hydrogen-bond donors (Lipinski definition) is 0. The molecule has 7 heteroatoms. The Hall–Kier alpha value is -2.31. The molecule has 2 rings (SSSR count). The summed E-state index contributed by atoms with van der Waals surface area (Å²) < 4.78 is 18.5. The average molecular weight is 298 g/mol. The fraction of sp³-hybridized carbons (Fsp3) is 0.500. The third-order valence-corrected chi connectivity index (χ3v) is 2.70. The van der Waals surface area contributed by atoms with Crippen LogP contribution in [0.15, 0.2) is 27.3 Å². The first-order valence-corrected chi connectivity index (χ1v) is 6.51. The average Bonchev–Trinajstić information content (AvgIpc) is 2.89. The Kier molecular flexibility index (Phi) is 5.95. The summed E-state index contributed by atoms with van der Waals surface area (Å²) in [5.41, 5.74) is 0. The summed E-state index contributed by atoms with van der Waals surface area (Å²) in [6, 6.07) is 0.